The van der Waals surface area contributed by atoms with Gasteiger partial charge >= 0.3 is 0 Å². The number of hydrogen-bond acceptors (Lipinski definition) is 9. The molecule has 160 valence electrons. The third-order valence-corrected chi connectivity index (χ3v) is 6.43. The number of aliphatic hydroxyl groups excluding tert-OH is 1. The molecule has 4 rings (SSSR count). The molecule has 0 bridgehead atoms. The van der Waals surface area contributed by atoms with E-state index in [-0.39, 0.29) is 28.9 Å². The summed E-state index contributed by atoms with van der Waals surface area (Å²) in [5.41, 5.74) is 6.01. The van der Waals surface area contributed by atoms with E-state index in [1.165, 1.54) is 6.07 Å². The number of ketones is 2. The van der Waals surface area contributed by atoms with E-state index in [2.05, 4.69) is 10.4 Å². The third kappa shape index (κ3) is 2.89. The van der Waals surface area contributed by atoms with Crippen LogP contribution in [0.5, 0.6) is 0 Å². The normalized spacial score (nSPS) is 24.9. The minimum atomic E-state index is -1.10. The predicted molar refractivity (Wildman–Crippen MR) is 111 cm³/mol. The van der Waals surface area contributed by atoms with Crippen molar-refractivity contribution in [1.29, 1.82) is 0 Å². The molecular weight excluding hydrogens is 404 g/mol. The van der Waals surface area contributed by atoms with E-state index in [1.54, 1.807) is 6.07 Å². The summed E-state index contributed by atoms with van der Waals surface area (Å²) in [7, 11) is 3.62. The number of anilines is 1. The summed E-state index contributed by atoms with van der Waals surface area (Å²) in [6.07, 6.45) is 0.585. The second kappa shape index (κ2) is 7.22. The monoisotopic (exact) mass is 424 g/mol. The number of rotatable bonds is 4. The summed E-state index contributed by atoms with van der Waals surface area (Å²) in [5, 5.41) is 16.7. The van der Waals surface area contributed by atoms with Crippen LogP contribution in [0.4, 0.5) is 11.4 Å². The van der Waals surface area contributed by atoms with E-state index >= 15 is 0 Å². The zero-order valence-corrected chi connectivity index (χ0v) is 16.9. The highest BCUT2D eigenvalue weighted by Gasteiger charge is 2.50. The molecule has 3 aliphatic carbocycles. The Morgan fingerprint density at radius 3 is 2.45 bits per heavy atom. The van der Waals surface area contributed by atoms with Gasteiger partial charge in [0.2, 0.25) is 0 Å². The molecule has 0 saturated carbocycles. The Kier molecular flexibility index (Phi) is 4.79. The maximum absolute atomic E-state index is 13.5. The van der Waals surface area contributed by atoms with E-state index < -0.39 is 46.6 Å². The number of hydrogen-bond donors (Lipinski definition) is 2. The van der Waals surface area contributed by atoms with Crippen LogP contribution >= 0.6 is 0 Å². The van der Waals surface area contributed by atoms with Gasteiger partial charge in [0.1, 0.15) is 22.7 Å². The number of allylic oxidation sites excluding steroid dienone is 1. The van der Waals surface area contributed by atoms with E-state index in [0.717, 1.165) is 5.69 Å². The molecule has 1 amide bonds. The molecular formula is C21H20N4O6. The predicted octanol–water partition coefficient (Wildman–Crippen LogP) is 2.43. The number of amides is 1. The number of primary amides is 1. The van der Waals surface area contributed by atoms with Crippen molar-refractivity contribution in [3.05, 3.63) is 55.7 Å². The first-order chi connectivity index (χ1) is 14.7. The van der Waals surface area contributed by atoms with Gasteiger partial charge in [-0.25, -0.2) is 0 Å². The van der Waals surface area contributed by atoms with Crippen molar-refractivity contribution in [1.82, 2.24) is 0 Å². The van der Waals surface area contributed by atoms with E-state index in [9.17, 15) is 29.3 Å². The molecule has 0 spiro atoms. The molecule has 3 unspecified atom stereocenters. The summed E-state index contributed by atoms with van der Waals surface area (Å²) in [6.45, 7) is 0. The third-order valence-electron chi connectivity index (χ3n) is 6.43. The summed E-state index contributed by atoms with van der Waals surface area (Å²) < 4.78 is 0. The minimum absolute atomic E-state index is 0.0414. The number of nitrogens with two attached hydrogens (primary N) is 1. The van der Waals surface area contributed by atoms with Crippen LogP contribution in [0.2, 0.25) is 0 Å². The van der Waals surface area contributed by atoms with Crippen molar-refractivity contribution >= 4 is 28.8 Å². The standard InChI is InChI=1S/C21H20N4O6/c1-25(2)12-4-3-11(23-30)16-10(12)6-8-5-9-7-13(26)17(21(22)29)20(28)15(9)18(24-31)14(8)19(16)27/h3-4,8-9,15,28H,5-7H2,1-2H3,(H2,22,29). The van der Waals surface area contributed by atoms with Gasteiger partial charge in [-0.15, -0.1) is 9.81 Å². The first-order valence-electron chi connectivity index (χ1n) is 9.76. The smallest absolute Gasteiger partial charge is 0.255 e. The Hall–Kier alpha value is -3.69. The summed E-state index contributed by atoms with van der Waals surface area (Å²) in [5.74, 6) is -4.86. The van der Waals surface area contributed by atoms with Gasteiger partial charge < -0.3 is 15.7 Å². The maximum Gasteiger partial charge on any atom is 0.255 e. The molecule has 0 aromatic heterocycles. The number of Topliss-reactive ketones (excluding diaryl/α,β-unsaturated/α-hetero) is 2. The van der Waals surface area contributed by atoms with Gasteiger partial charge in [0.25, 0.3) is 5.91 Å². The minimum Gasteiger partial charge on any atom is -0.511 e. The SMILES string of the molecule is CN(C)c1ccc(N=O)c2c1CC1CC3CC(=O)C(C(N)=O)=C(O)C3C(N=O)=C1C2=O. The van der Waals surface area contributed by atoms with Crippen LogP contribution in [0.25, 0.3) is 0 Å². The summed E-state index contributed by atoms with van der Waals surface area (Å²) in [6, 6.07) is 3.15. The average Bonchev–Trinajstić information content (AvgIpc) is 2.70. The fourth-order valence-electron chi connectivity index (χ4n) is 5.23. The van der Waals surface area contributed by atoms with Crippen LogP contribution in [-0.2, 0) is 16.0 Å². The molecule has 0 heterocycles. The largest absolute Gasteiger partial charge is 0.511 e. The van der Waals surface area contributed by atoms with Crippen LogP contribution in [0.3, 0.4) is 0 Å². The van der Waals surface area contributed by atoms with Crippen molar-refractivity contribution in [2.45, 2.75) is 19.3 Å². The van der Waals surface area contributed by atoms with Crippen molar-refractivity contribution in [2.24, 2.45) is 33.8 Å². The first-order valence-corrected chi connectivity index (χ1v) is 9.76. The van der Waals surface area contributed by atoms with Gasteiger partial charge in [-0.1, -0.05) is 0 Å². The quantitative estimate of drug-likeness (QED) is 0.554. The lowest BCUT2D eigenvalue weighted by Gasteiger charge is -2.41. The molecule has 0 radical (unpaired) electrons. The van der Waals surface area contributed by atoms with Crippen molar-refractivity contribution < 1.29 is 19.5 Å². The molecule has 3 N–H and O–H groups in total. The zero-order valence-electron chi connectivity index (χ0n) is 16.9. The molecule has 3 aliphatic rings. The second-order valence-electron chi connectivity index (χ2n) is 8.29. The van der Waals surface area contributed by atoms with Crippen LogP contribution < -0.4 is 10.6 Å². The number of benzene rings is 1. The number of carbonyl (C=O) groups is 3. The molecule has 0 fully saturated rings. The molecule has 0 saturated heterocycles. The second-order valence-corrected chi connectivity index (χ2v) is 8.29. The van der Waals surface area contributed by atoms with Crippen LogP contribution in [0.1, 0.15) is 28.8 Å². The highest BCUT2D eigenvalue weighted by molar-refractivity contribution is 6.20. The highest BCUT2D eigenvalue weighted by Crippen LogP contribution is 2.52. The van der Waals surface area contributed by atoms with Gasteiger partial charge in [0.15, 0.2) is 11.6 Å². The van der Waals surface area contributed by atoms with Crippen molar-refractivity contribution in [3.8, 4) is 0 Å². The topological polar surface area (TPSA) is 160 Å². The average molecular weight is 424 g/mol. The van der Waals surface area contributed by atoms with Gasteiger partial charge in [-0.05, 0) is 52.7 Å². The lowest BCUT2D eigenvalue weighted by molar-refractivity contribution is -0.123. The molecule has 3 atom stereocenters. The van der Waals surface area contributed by atoms with Crippen LogP contribution in [0, 0.1) is 27.6 Å². The Morgan fingerprint density at radius 2 is 1.87 bits per heavy atom. The maximum atomic E-state index is 13.5. The number of nitrogens with zero attached hydrogens (tertiary/aromatic N) is 3. The number of carbonyl (C=O) groups excluding carboxylic acids is 3. The molecule has 10 nitrogen and oxygen atoms in total. The summed E-state index contributed by atoms with van der Waals surface area (Å²) in [4.78, 5) is 62.7. The van der Waals surface area contributed by atoms with Gasteiger partial charge in [0.05, 0.1) is 11.5 Å². The molecule has 1 aromatic rings. The van der Waals surface area contributed by atoms with Crippen LogP contribution in [-0.4, -0.2) is 36.7 Å². The number of fused-ring (bicyclic) bond motifs is 3. The van der Waals surface area contributed by atoms with Gasteiger partial charge in [-0.2, -0.15) is 0 Å². The molecule has 31 heavy (non-hydrogen) atoms. The van der Waals surface area contributed by atoms with Crippen molar-refractivity contribution in [2.75, 3.05) is 19.0 Å². The lowest BCUT2D eigenvalue weighted by atomic mass is 9.62. The molecule has 1 aromatic carbocycles. The van der Waals surface area contributed by atoms with Crippen LogP contribution in [0.15, 0.2) is 45.1 Å². The number of nitroso groups, excluding NO2 is 2. The fraction of sp³-hybridized carbons (Fsp3) is 0.381. The highest BCUT2D eigenvalue weighted by atomic mass is 16.3. The Labute approximate surface area is 176 Å². The van der Waals surface area contributed by atoms with Crippen molar-refractivity contribution in [3.63, 3.8) is 0 Å². The van der Waals surface area contributed by atoms with E-state index in [0.29, 0.717) is 18.4 Å². The van der Waals surface area contributed by atoms with Gasteiger partial charge in [-0.3, -0.25) is 14.4 Å². The Morgan fingerprint density at radius 1 is 1.16 bits per heavy atom. The summed E-state index contributed by atoms with van der Waals surface area (Å²) >= 11 is 0. The lowest BCUT2D eigenvalue weighted by Crippen LogP contribution is -2.41. The molecule has 10 heteroatoms. The first kappa shape index (κ1) is 20.6. The van der Waals surface area contributed by atoms with E-state index in [4.69, 9.17) is 5.73 Å². The Balaban J connectivity index is 1.97. The fourth-order valence-corrected chi connectivity index (χ4v) is 5.23. The zero-order chi connectivity index (χ0) is 22.6. The molecule has 0 aliphatic heterocycles. The number of aliphatic hydroxyl groups is 1. The van der Waals surface area contributed by atoms with E-state index in [1.807, 2.05) is 19.0 Å². The van der Waals surface area contributed by atoms with Gasteiger partial charge in [0, 0.05) is 31.8 Å². The Bertz CT molecular complexity index is 1130.